The molecule has 1 radical (unpaired) electrons. The maximum absolute atomic E-state index is 10.1. The van der Waals surface area contributed by atoms with Gasteiger partial charge in [0.2, 0.25) is 0 Å². The molecule has 0 saturated heterocycles. The number of hydrogen-bond donors (Lipinski definition) is 1. The average Bonchev–Trinajstić information content (AvgIpc) is 1.82. The van der Waals surface area contributed by atoms with Gasteiger partial charge in [-0.05, 0) is 0 Å². The molecule has 0 bridgehead atoms. The minimum atomic E-state index is -2.97. The third-order valence-electron chi connectivity index (χ3n) is 1.25. The monoisotopic (exact) mass is 288 g/mol. The molecule has 101 valence electrons. The number of carboxylic acids is 3. The van der Waals surface area contributed by atoms with Crippen molar-refractivity contribution in [3.63, 3.8) is 0 Å². The number of carbonyl (C=O) groups is 3. The Kier molecular flexibility index (Phi) is 13.7. The third-order valence-corrected chi connectivity index (χ3v) is 1.25. The molecule has 0 fully saturated rings. The van der Waals surface area contributed by atoms with E-state index in [9.17, 15) is 29.7 Å². The zero-order valence-electron chi connectivity index (χ0n) is 7.61. The Morgan fingerprint density at radius 1 is 0.938 bits per heavy atom. The molecule has 0 spiro atoms. The van der Waals surface area contributed by atoms with Crippen molar-refractivity contribution >= 4 is 17.9 Å². The van der Waals surface area contributed by atoms with E-state index in [4.69, 9.17) is 5.11 Å². The molecule has 0 aromatic carbocycles. The van der Waals surface area contributed by atoms with Crippen LogP contribution in [0.1, 0.15) is 12.8 Å². The second-order valence-electron chi connectivity index (χ2n) is 2.42. The van der Waals surface area contributed by atoms with E-state index >= 15 is 0 Å². The molecular formula is C6H9CuO9-3. The standard InChI is InChI=1S/C6H8O7.Cu.2H2O/c7-3(8)1-6(13,5(11)12)2-4(9)10;;;/h13H,1-2H2,(H,7,8)(H,9,10)(H,11,12);;2*1H2/p-3. The molecule has 10 heteroatoms. The van der Waals surface area contributed by atoms with Gasteiger partial charge in [-0.15, -0.1) is 0 Å². The molecule has 0 atom stereocenters. The van der Waals surface area contributed by atoms with Crippen molar-refractivity contribution in [1.82, 2.24) is 0 Å². The smallest absolute Gasteiger partial charge is 0.114 e. The second kappa shape index (κ2) is 9.07. The van der Waals surface area contributed by atoms with Crippen LogP contribution in [0.3, 0.4) is 0 Å². The van der Waals surface area contributed by atoms with Crippen molar-refractivity contribution < 1.29 is 62.8 Å². The summed E-state index contributed by atoms with van der Waals surface area (Å²) in [6.07, 6.45) is -2.72. The quantitative estimate of drug-likeness (QED) is 0.483. The predicted molar refractivity (Wildman–Crippen MR) is 36.4 cm³/mol. The molecule has 0 saturated carbocycles. The molecule has 0 heterocycles. The van der Waals surface area contributed by atoms with Gasteiger partial charge in [0.25, 0.3) is 0 Å². The average molecular weight is 289 g/mol. The Morgan fingerprint density at radius 2 is 1.19 bits per heavy atom. The zero-order valence-corrected chi connectivity index (χ0v) is 8.55. The van der Waals surface area contributed by atoms with Gasteiger partial charge in [-0.25, -0.2) is 0 Å². The molecule has 0 aliphatic heterocycles. The number of carboxylic acid groups (broad SMARTS) is 3. The summed E-state index contributed by atoms with van der Waals surface area (Å²) in [5.41, 5.74) is -2.97. The Balaban J connectivity index is -0.000000240. The molecule has 9 nitrogen and oxygen atoms in total. The minimum absolute atomic E-state index is 0. The molecule has 16 heavy (non-hydrogen) atoms. The van der Waals surface area contributed by atoms with Crippen molar-refractivity contribution in [2.75, 3.05) is 0 Å². The van der Waals surface area contributed by atoms with Crippen molar-refractivity contribution in [3.8, 4) is 0 Å². The van der Waals surface area contributed by atoms with Crippen LogP contribution in [0, 0.1) is 0 Å². The van der Waals surface area contributed by atoms with E-state index in [0.717, 1.165) is 0 Å². The number of rotatable bonds is 5. The molecule has 0 aliphatic carbocycles. The van der Waals surface area contributed by atoms with E-state index in [1.807, 2.05) is 0 Å². The first-order valence-corrected chi connectivity index (χ1v) is 3.11. The number of carbonyl (C=O) groups excluding carboxylic acids is 3. The summed E-state index contributed by atoms with van der Waals surface area (Å²) in [6, 6.07) is 0. The van der Waals surface area contributed by atoms with Crippen molar-refractivity contribution in [1.29, 1.82) is 0 Å². The molecule has 0 aromatic rings. The maximum Gasteiger partial charge on any atom is 0.114 e. The van der Waals surface area contributed by atoms with Crippen LogP contribution >= 0.6 is 0 Å². The molecule has 0 unspecified atom stereocenters. The van der Waals surface area contributed by atoms with Crippen LogP contribution < -0.4 is 15.3 Å². The Hall–Kier alpha value is -1.19. The molecule has 0 rings (SSSR count). The summed E-state index contributed by atoms with van der Waals surface area (Å²) in [4.78, 5) is 30.0. The van der Waals surface area contributed by atoms with Crippen LogP contribution in [0.2, 0.25) is 0 Å². The molecule has 0 aromatic heterocycles. The molecular weight excluding hydrogens is 280 g/mol. The molecule has 5 N–H and O–H groups in total. The Labute approximate surface area is 99.8 Å². The summed E-state index contributed by atoms with van der Waals surface area (Å²) in [7, 11) is 0. The first-order chi connectivity index (χ1) is 5.78. The fourth-order valence-electron chi connectivity index (χ4n) is 0.684. The van der Waals surface area contributed by atoms with Crippen LogP contribution in [0.5, 0.6) is 0 Å². The van der Waals surface area contributed by atoms with Gasteiger partial charge in [-0.3, -0.25) is 0 Å². The number of aliphatic carboxylic acids is 3. The van der Waals surface area contributed by atoms with Crippen LogP contribution in [0.15, 0.2) is 0 Å². The summed E-state index contributed by atoms with van der Waals surface area (Å²) in [5.74, 6) is -5.98. The first-order valence-electron chi connectivity index (χ1n) is 3.11. The number of hydrogen-bond acceptors (Lipinski definition) is 7. The van der Waals surface area contributed by atoms with Gasteiger partial charge in [0.15, 0.2) is 0 Å². The van der Waals surface area contributed by atoms with Crippen molar-refractivity contribution in [3.05, 3.63) is 0 Å². The van der Waals surface area contributed by atoms with E-state index in [0.29, 0.717) is 0 Å². The van der Waals surface area contributed by atoms with Gasteiger partial charge < -0.3 is 45.8 Å². The Bertz CT molecular complexity index is 234. The van der Waals surface area contributed by atoms with E-state index in [1.165, 1.54) is 0 Å². The van der Waals surface area contributed by atoms with E-state index in [2.05, 4.69) is 0 Å². The second-order valence-corrected chi connectivity index (χ2v) is 2.42. The molecule has 0 amide bonds. The predicted octanol–water partition coefficient (Wildman–Crippen LogP) is -6.90. The maximum atomic E-state index is 10.1. The first kappa shape index (κ1) is 24.2. The summed E-state index contributed by atoms with van der Waals surface area (Å²) in [5, 5.41) is 38.9. The van der Waals surface area contributed by atoms with Gasteiger partial charge >= 0.3 is 0 Å². The van der Waals surface area contributed by atoms with Gasteiger partial charge in [0, 0.05) is 41.8 Å². The number of aliphatic hydroxyl groups is 1. The fraction of sp³-hybridized carbons (Fsp3) is 0.500. The van der Waals surface area contributed by atoms with Crippen LogP contribution in [-0.4, -0.2) is 39.6 Å². The van der Waals surface area contributed by atoms with E-state index < -0.39 is 36.4 Å². The third kappa shape index (κ3) is 8.15. The van der Waals surface area contributed by atoms with Crippen LogP contribution in [0.4, 0.5) is 0 Å². The Morgan fingerprint density at radius 3 is 1.31 bits per heavy atom. The van der Waals surface area contributed by atoms with Gasteiger partial charge in [-0.2, -0.15) is 0 Å². The minimum Gasteiger partial charge on any atom is -0.550 e. The zero-order chi connectivity index (χ0) is 10.6. The van der Waals surface area contributed by atoms with E-state index in [1.54, 1.807) is 0 Å². The van der Waals surface area contributed by atoms with Gasteiger partial charge in [-0.1, -0.05) is 0 Å². The van der Waals surface area contributed by atoms with Gasteiger partial charge in [0.05, 0.1) is 5.97 Å². The van der Waals surface area contributed by atoms with Crippen LogP contribution in [0.25, 0.3) is 0 Å². The normalized spacial score (nSPS) is 8.81. The van der Waals surface area contributed by atoms with Crippen molar-refractivity contribution in [2.45, 2.75) is 18.4 Å². The SMILES string of the molecule is O.O.O=C([O-])CC(O)(CC(=O)[O-])C(=O)[O-].[Cu]. The fourth-order valence-corrected chi connectivity index (χ4v) is 0.684. The van der Waals surface area contributed by atoms with E-state index in [-0.39, 0.29) is 28.0 Å². The van der Waals surface area contributed by atoms with Gasteiger partial charge in [0.1, 0.15) is 5.60 Å². The van der Waals surface area contributed by atoms with Crippen molar-refractivity contribution in [2.24, 2.45) is 0 Å². The molecule has 0 aliphatic rings. The van der Waals surface area contributed by atoms with Crippen LogP contribution in [-0.2, 0) is 31.5 Å². The summed E-state index contributed by atoms with van der Waals surface area (Å²) in [6.45, 7) is 0. The summed E-state index contributed by atoms with van der Waals surface area (Å²) >= 11 is 0. The topological polar surface area (TPSA) is 204 Å². The largest absolute Gasteiger partial charge is 0.550 e. The summed E-state index contributed by atoms with van der Waals surface area (Å²) < 4.78 is 0.